The van der Waals surface area contributed by atoms with Crippen LogP contribution < -0.4 is 4.74 Å². The maximum absolute atomic E-state index is 11.3. The molecule has 20 heavy (non-hydrogen) atoms. The van der Waals surface area contributed by atoms with Crippen molar-refractivity contribution in [2.24, 2.45) is 0 Å². The van der Waals surface area contributed by atoms with E-state index in [-0.39, 0.29) is 18.2 Å². The second-order valence-electron chi connectivity index (χ2n) is 3.95. The van der Waals surface area contributed by atoms with Gasteiger partial charge in [0, 0.05) is 13.3 Å². The molecule has 0 amide bonds. The lowest BCUT2D eigenvalue weighted by molar-refractivity contribution is 0.0527. The number of ether oxygens (including phenoxy) is 3. The monoisotopic (exact) mass is 280 g/mol. The molecule has 0 spiro atoms. The van der Waals surface area contributed by atoms with Gasteiger partial charge in [-0.1, -0.05) is 6.07 Å². The topological polar surface area (TPSA) is 82.3 Å². The van der Waals surface area contributed by atoms with Gasteiger partial charge in [0.25, 0.3) is 0 Å². The molecule has 2 aromatic heterocycles. The maximum Gasteiger partial charge on any atom is 0.358 e. The molecule has 0 saturated heterocycles. The summed E-state index contributed by atoms with van der Waals surface area (Å²) in [7, 11) is 1.59. The number of methoxy groups -OCH3 is 1. The zero-order valence-electron chi connectivity index (χ0n) is 11.1. The summed E-state index contributed by atoms with van der Waals surface area (Å²) in [6, 6.07) is 5.23. The molecule has 0 fully saturated rings. The zero-order chi connectivity index (χ0) is 14.4. The van der Waals surface area contributed by atoms with Crippen molar-refractivity contribution < 1.29 is 24.1 Å². The number of nitrogens with zero attached hydrogens (tertiary/aromatic N) is 2. The van der Waals surface area contributed by atoms with Crippen molar-refractivity contribution in [3.8, 4) is 5.88 Å². The summed E-state index contributed by atoms with van der Waals surface area (Å²) in [5.41, 5.74) is 0.540. The summed E-state index contributed by atoms with van der Waals surface area (Å²) >= 11 is 0. The van der Waals surface area contributed by atoms with E-state index in [1.807, 2.05) is 0 Å². The summed E-state index contributed by atoms with van der Waals surface area (Å²) < 4.78 is 16.9. The standard InChI is InChI=1S/C13H16N2O5/c1-18-6-7-19-8-9-20-12-11(13(16)17)15-5-3-2-4-10(15)14-12/h2-5H,6-9H2,1H3,(H,16,17). The molecule has 2 aromatic rings. The number of carboxylic acid groups (broad SMARTS) is 1. The van der Waals surface area contributed by atoms with E-state index in [0.29, 0.717) is 25.5 Å². The minimum Gasteiger partial charge on any atom is -0.476 e. The summed E-state index contributed by atoms with van der Waals surface area (Å²) in [5.74, 6) is -0.988. The number of pyridine rings is 1. The van der Waals surface area contributed by atoms with Crippen LogP contribution in [-0.2, 0) is 9.47 Å². The van der Waals surface area contributed by atoms with Crippen molar-refractivity contribution in [3.63, 3.8) is 0 Å². The molecule has 0 unspecified atom stereocenters. The predicted octanol–water partition coefficient (Wildman–Crippen LogP) is 1.07. The summed E-state index contributed by atoms with van der Waals surface area (Å²) in [5, 5.41) is 9.24. The SMILES string of the molecule is COCCOCCOc1nc2ccccn2c1C(=O)O. The molecule has 2 heterocycles. The van der Waals surface area contributed by atoms with Crippen molar-refractivity contribution >= 4 is 11.6 Å². The van der Waals surface area contributed by atoms with Crippen molar-refractivity contribution in [1.82, 2.24) is 9.38 Å². The first kappa shape index (κ1) is 14.3. The number of imidazole rings is 1. The highest BCUT2D eigenvalue weighted by Crippen LogP contribution is 2.19. The summed E-state index contributed by atoms with van der Waals surface area (Å²) in [4.78, 5) is 15.4. The normalized spacial score (nSPS) is 10.8. The number of aromatic nitrogens is 2. The Morgan fingerprint density at radius 2 is 2.10 bits per heavy atom. The van der Waals surface area contributed by atoms with Crippen LogP contribution in [0.2, 0.25) is 0 Å². The van der Waals surface area contributed by atoms with Gasteiger partial charge in [0.1, 0.15) is 12.3 Å². The molecule has 0 radical (unpaired) electrons. The van der Waals surface area contributed by atoms with Crippen LogP contribution in [0.1, 0.15) is 10.5 Å². The fourth-order valence-electron chi connectivity index (χ4n) is 1.71. The fourth-order valence-corrected chi connectivity index (χ4v) is 1.71. The van der Waals surface area contributed by atoms with Gasteiger partial charge in [-0.25, -0.2) is 4.79 Å². The molecule has 0 aliphatic rings. The van der Waals surface area contributed by atoms with Crippen LogP contribution in [0.25, 0.3) is 5.65 Å². The molecule has 0 bridgehead atoms. The first-order chi connectivity index (χ1) is 9.74. The third kappa shape index (κ3) is 3.25. The molecule has 7 heteroatoms. The Balaban J connectivity index is 2.02. The second kappa shape index (κ2) is 6.88. The highest BCUT2D eigenvalue weighted by molar-refractivity contribution is 5.89. The summed E-state index contributed by atoms with van der Waals surface area (Å²) in [6.07, 6.45) is 1.63. The van der Waals surface area contributed by atoms with E-state index in [2.05, 4.69) is 4.98 Å². The van der Waals surface area contributed by atoms with Gasteiger partial charge in [0.05, 0.1) is 19.8 Å². The van der Waals surface area contributed by atoms with Crippen LogP contribution in [0.5, 0.6) is 5.88 Å². The van der Waals surface area contributed by atoms with E-state index in [9.17, 15) is 9.90 Å². The average molecular weight is 280 g/mol. The van der Waals surface area contributed by atoms with Crippen molar-refractivity contribution in [2.45, 2.75) is 0 Å². The number of aromatic carboxylic acids is 1. The number of hydrogen-bond acceptors (Lipinski definition) is 5. The average Bonchev–Trinajstić information content (AvgIpc) is 2.81. The van der Waals surface area contributed by atoms with Crippen LogP contribution in [0.4, 0.5) is 0 Å². The Kier molecular flexibility index (Phi) is 4.91. The zero-order valence-corrected chi connectivity index (χ0v) is 11.1. The largest absolute Gasteiger partial charge is 0.476 e. The van der Waals surface area contributed by atoms with Crippen molar-refractivity contribution in [2.75, 3.05) is 33.5 Å². The van der Waals surface area contributed by atoms with Gasteiger partial charge in [-0.15, -0.1) is 0 Å². The molecule has 0 atom stereocenters. The minimum atomic E-state index is -1.08. The quantitative estimate of drug-likeness (QED) is 0.728. The lowest BCUT2D eigenvalue weighted by Crippen LogP contribution is -2.12. The Morgan fingerprint density at radius 1 is 1.30 bits per heavy atom. The van der Waals surface area contributed by atoms with Crippen molar-refractivity contribution in [1.29, 1.82) is 0 Å². The van der Waals surface area contributed by atoms with Gasteiger partial charge in [-0.2, -0.15) is 4.98 Å². The first-order valence-corrected chi connectivity index (χ1v) is 6.14. The second-order valence-corrected chi connectivity index (χ2v) is 3.95. The van der Waals surface area contributed by atoms with Crippen LogP contribution in [0.3, 0.4) is 0 Å². The minimum absolute atomic E-state index is 0.0116. The van der Waals surface area contributed by atoms with Gasteiger partial charge < -0.3 is 19.3 Å². The number of fused-ring (bicyclic) bond motifs is 1. The van der Waals surface area contributed by atoms with Crippen LogP contribution in [0, 0.1) is 0 Å². The van der Waals surface area contributed by atoms with E-state index < -0.39 is 5.97 Å². The lowest BCUT2D eigenvalue weighted by atomic mass is 10.4. The fraction of sp³-hybridized carbons (Fsp3) is 0.385. The lowest BCUT2D eigenvalue weighted by Gasteiger charge is -2.05. The molecule has 0 aliphatic carbocycles. The number of rotatable bonds is 8. The molecule has 7 nitrogen and oxygen atoms in total. The molecule has 1 N–H and O–H groups in total. The highest BCUT2D eigenvalue weighted by atomic mass is 16.5. The third-order valence-electron chi connectivity index (χ3n) is 2.60. The van der Waals surface area contributed by atoms with Crippen LogP contribution >= 0.6 is 0 Å². The van der Waals surface area contributed by atoms with E-state index in [4.69, 9.17) is 14.2 Å². The first-order valence-electron chi connectivity index (χ1n) is 6.14. The number of hydrogen-bond donors (Lipinski definition) is 1. The van der Waals surface area contributed by atoms with Crippen LogP contribution in [0.15, 0.2) is 24.4 Å². The number of carbonyl (C=O) groups is 1. The molecule has 0 aromatic carbocycles. The van der Waals surface area contributed by atoms with Gasteiger partial charge >= 0.3 is 5.97 Å². The Hall–Kier alpha value is -2.12. The maximum atomic E-state index is 11.3. The molecular formula is C13H16N2O5. The smallest absolute Gasteiger partial charge is 0.358 e. The Bertz CT molecular complexity index is 581. The van der Waals surface area contributed by atoms with E-state index in [0.717, 1.165) is 0 Å². The summed E-state index contributed by atoms with van der Waals surface area (Å²) in [6.45, 7) is 1.55. The molecular weight excluding hydrogens is 264 g/mol. The van der Waals surface area contributed by atoms with Gasteiger partial charge in [0.15, 0.2) is 5.69 Å². The van der Waals surface area contributed by atoms with E-state index in [1.165, 1.54) is 4.40 Å². The van der Waals surface area contributed by atoms with Gasteiger partial charge in [0.2, 0.25) is 5.88 Å². The van der Waals surface area contributed by atoms with Gasteiger partial charge in [-0.05, 0) is 12.1 Å². The molecule has 2 rings (SSSR count). The Morgan fingerprint density at radius 3 is 2.85 bits per heavy atom. The number of carboxylic acids is 1. The van der Waals surface area contributed by atoms with Gasteiger partial charge in [-0.3, -0.25) is 4.40 Å². The molecule has 0 saturated carbocycles. The predicted molar refractivity (Wildman–Crippen MR) is 70.3 cm³/mol. The van der Waals surface area contributed by atoms with E-state index >= 15 is 0 Å². The molecule has 0 aliphatic heterocycles. The molecule has 108 valence electrons. The third-order valence-corrected chi connectivity index (χ3v) is 2.60. The highest BCUT2D eigenvalue weighted by Gasteiger charge is 2.19. The van der Waals surface area contributed by atoms with Crippen molar-refractivity contribution in [3.05, 3.63) is 30.1 Å². The van der Waals surface area contributed by atoms with E-state index in [1.54, 1.807) is 31.5 Å². The Labute approximate surface area is 115 Å². The van der Waals surface area contributed by atoms with Crippen LogP contribution in [-0.4, -0.2) is 54.0 Å².